The first-order chi connectivity index (χ1) is 12.1. The van der Waals surface area contributed by atoms with Gasteiger partial charge in [-0.15, -0.1) is 0 Å². The number of hydrogen-bond acceptors (Lipinski definition) is 4. The Bertz CT molecular complexity index is 592. The van der Waals surface area contributed by atoms with E-state index in [-0.39, 0.29) is 24.4 Å². The minimum Gasteiger partial charge on any atom is -0.395 e. The fourth-order valence-corrected chi connectivity index (χ4v) is 3.83. The number of nitrogens with zero attached hydrogens (tertiary/aromatic N) is 3. The zero-order valence-electron chi connectivity index (χ0n) is 15.0. The van der Waals surface area contributed by atoms with E-state index >= 15 is 0 Å². The maximum atomic E-state index is 14.4. The molecule has 0 bridgehead atoms. The van der Waals surface area contributed by atoms with Crippen LogP contribution in [-0.4, -0.2) is 72.7 Å². The molecule has 1 N–H and O–H groups in total. The molecule has 0 spiro atoms. The number of anilines is 1. The van der Waals surface area contributed by atoms with E-state index in [1.54, 1.807) is 17.0 Å². The van der Waals surface area contributed by atoms with Crippen LogP contribution < -0.4 is 4.90 Å². The molecule has 25 heavy (non-hydrogen) atoms. The fraction of sp³-hybridized carbons (Fsp3) is 0.632. The van der Waals surface area contributed by atoms with E-state index in [4.69, 9.17) is 0 Å². The number of aliphatic hydroxyl groups is 1. The van der Waals surface area contributed by atoms with Crippen LogP contribution >= 0.6 is 0 Å². The molecule has 6 heteroatoms. The summed E-state index contributed by atoms with van der Waals surface area (Å²) in [6.45, 7) is 6.70. The zero-order chi connectivity index (χ0) is 17.8. The van der Waals surface area contributed by atoms with Crippen LogP contribution in [0, 0.1) is 5.82 Å². The molecule has 2 heterocycles. The molecule has 1 amide bonds. The summed E-state index contributed by atoms with van der Waals surface area (Å²) in [5.74, 6) is -0.415. The van der Waals surface area contributed by atoms with Crippen molar-refractivity contribution in [1.29, 1.82) is 0 Å². The largest absolute Gasteiger partial charge is 0.395 e. The van der Waals surface area contributed by atoms with E-state index in [0.717, 1.165) is 45.4 Å². The molecule has 1 atom stereocenters. The highest BCUT2D eigenvalue weighted by Gasteiger charge is 2.26. The van der Waals surface area contributed by atoms with E-state index in [1.165, 1.54) is 6.07 Å². The van der Waals surface area contributed by atoms with Crippen LogP contribution in [0.5, 0.6) is 0 Å². The Morgan fingerprint density at radius 3 is 2.40 bits per heavy atom. The van der Waals surface area contributed by atoms with Crippen molar-refractivity contribution in [1.82, 2.24) is 9.80 Å². The molecule has 5 nitrogen and oxygen atoms in total. The Morgan fingerprint density at radius 2 is 1.84 bits per heavy atom. The van der Waals surface area contributed by atoms with Gasteiger partial charge < -0.3 is 14.9 Å². The Hall–Kier alpha value is -1.66. The number of hydrogen-bond donors (Lipinski definition) is 1. The van der Waals surface area contributed by atoms with Crippen molar-refractivity contribution in [3.05, 3.63) is 29.6 Å². The average Bonchev–Trinajstić information content (AvgIpc) is 3.17. The summed E-state index contributed by atoms with van der Waals surface area (Å²) in [6, 6.07) is 5.02. The highest BCUT2D eigenvalue weighted by molar-refractivity contribution is 5.94. The number of halogens is 1. The predicted molar refractivity (Wildman–Crippen MR) is 96.5 cm³/mol. The van der Waals surface area contributed by atoms with Crippen LogP contribution in [0.3, 0.4) is 0 Å². The van der Waals surface area contributed by atoms with Gasteiger partial charge in [0.2, 0.25) is 0 Å². The highest BCUT2D eigenvalue weighted by Crippen LogP contribution is 2.25. The second-order valence-corrected chi connectivity index (χ2v) is 6.93. The first-order valence-electron chi connectivity index (χ1n) is 9.32. The van der Waals surface area contributed by atoms with Gasteiger partial charge in [-0.2, -0.15) is 0 Å². The third-order valence-electron chi connectivity index (χ3n) is 5.44. The number of carbonyl (C=O) groups excluding carboxylic acids is 1. The lowest BCUT2D eigenvalue weighted by atomic mass is 10.1. The van der Waals surface area contributed by atoms with Gasteiger partial charge in [0.1, 0.15) is 5.82 Å². The molecule has 0 saturated carbocycles. The van der Waals surface area contributed by atoms with Crippen molar-refractivity contribution in [2.45, 2.75) is 32.2 Å². The van der Waals surface area contributed by atoms with Gasteiger partial charge in [-0.05, 0) is 37.5 Å². The van der Waals surface area contributed by atoms with Gasteiger partial charge in [0.05, 0.1) is 12.3 Å². The number of amides is 1. The predicted octanol–water partition coefficient (Wildman–Crippen LogP) is 1.95. The smallest absolute Gasteiger partial charge is 0.254 e. The van der Waals surface area contributed by atoms with Crippen LogP contribution in [0.15, 0.2) is 18.2 Å². The molecule has 3 rings (SSSR count). The summed E-state index contributed by atoms with van der Waals surface area (Å²) >= 11 is 0. The Kier molecular flexibility index (Phi) is 5.91. The fourth-order valence-electron chi connectivity index (χ4n) is 3.83. The normalized spacial score (nSPS) is 20.1. The summed E-state index contributed by atoms with van der Waals surface area (Å²) in [7, 11) is 0. The van der Waals surface area contributed by atoms with E-state index in [2.05, 4.69) is 11.8 Å². The molecule has 1 aromatic carbocycles. The number of piperazine rings is 1. The van der Waals surface area contributed by atoms with E-state index < -0.39 is 0 Å². The lowest BCUT2D eigenvalue weighted by Crippen LogP contribution is -2.52. The standard InChI is InChI=1S/C19H28FN3O2/c1-2-16(14-24)21-9-11-23(12-10-21)19(25)15-5-6-18(17(20)13-15)22-7-3-4-8-22/h5-6,13,16,24H,2-4,7-12,14H2,1H3. The Morgan fingerprint density at radius 1 is 1.16 bits per heavy atom. The molecular weight excluding hydrogens is 321 g/mol. The quantitative estimate of drug-likeness (QED) is 0.883. The minimum absolute atomic E-state index is 0.108. The number of aliphatic hydroxyl groups excluding tert-OH is 1. The second-order valence-electron chi connectivity index (χ2n) is 6.93. The van der Waals surface area contributed by atoms with Crippen LogP contribution in [0.1, 0.15) is 36.5 Å². The van der Waals surface area contributed by atoms with Crippen LogP contribution in [0.4, 0.5) is 10.1 Å². The molecule has 2 fully saturated rings. The van der Waals surface area contributed by atoms with E-state index in [1.807, 2.05) is 4.90 Å². The first kappa shape index (κ1) is 18.1. The van der Waals surface area contributed by atoms with Gasteiger partial charge >= 0.3 is 0 Å². The topological polar surface area (TPSA) is 47.0 Å². The van der Waals surface area contributed by atoms with Crippen molar-refractivity contribution in [2.75, 3.05) is 50.8 Å². The van der Waals surface area contributed by atoms with Crippen LogP contribution in [0.25, 0.3) is 0 Å². The van der Waals surface area contributed by atoms with Crippen molar-refractivity contribution in [2.24, 2.45) is 0 Å². The van der Waals surface area contributed by atoms with Crippen molar-refractivity contribution >= 4 is 11.6 Å². The second kappa shape index (κ2) is 8.15. The van der Waals surface area contributed by atoms with Crippen molar-refractivity contribution in [3.63, 3.8) is 0 Å². The van der Waals surface area contributed by atoms with Crippen LogP contribution in [0.2, 0.25) is 0 Å². The number of carbonyl (C=O) groups is 1. The molecule has 138 valence electrons. The van der Waals surface area contributed by atoms with Gasteiger partial charge in [-0.25, -0.2) is 4.39 Å². The lowest BCUT2D eigenvalue weighted by Gasteiger charge is -2.38. The summed E-state index contributed by atoms with van der Waals surface area (Å²) in [6.07, 6.45) is 3.08. The van der Waals surface area contributed by atoms with Crippen LogP contribution in [-0.2, 0) is 0 Å². The average molecular weight is 349 g/mol. The molecule has 1 aromatic rings. The molecule has 0 radical (unpaired) electrons. The van der Waals surface area contributed by atoms with Gasteiger partial charge in [0.25, 0.3) is 5.91 Å². The molecule has 1 unspecified atom stereocenters. The molecule has 2 aliphatic rings. The summed E-state index contributed by atoms with van der Waals surface area (Å²) in [4.78, 5) is 18.7. The summed E-state index contributed by atoms with van der Waals surface area (Å²) < 4.78 is 14.4. The maximum Gasteiger partial charge on any atom is 0.254 e. The lowest BCUT2D eigenvalue weighted by molar-refractivity contribution is 0.0472. The third kappa shape index (κ3) is 3.96. The zero-order valence-corrected chi connectivity index (χ0v) is 15.0. The number of benzene rings is 1. The Balaban J connectivity index is 1.63. The number of rotatable bonds is 5. The maximum absolute atomic E-state index is 14.4. The molecule has 2 aliphatic heterocycles. The van der Waals surface area contributed by atoms with E-state index in [0.29, 0.717) is 24.3 Å². The van der Waals surface area contributed by atoms with Crippen molar-refractivity contribution in [3.8, 4) is 0 Å². The van der Waals surface area contributed by atoms with E-state index in [9.17, 15) is 14.3 Å². The monoisotopic (exact) mass is 349 g/mol. The first-order valence-corrected chi connectivity index (χ1v) is 9.32. The highest BCUT2D eigenvalue weighted by atomic mass is 19.1. The molecule has 0 aliphatic carbocycles. The Labute approximate surface area is 149 Å². The van der Waals surface area contributed by atoms with Gasteiger partial charge in [0, 0.05) is 50.9 Å². The minimum atomic E-state index is -0.308. The third-order valence-corrected chi connectivity index (χ3v) is 5.44. The van der Waals surface area contributed by atoms with Gasteiger partial charge in [-0.3, -0.25) is 9.69 Å². The molecular formula is C19H28FN3O2. The summed E-state index contributed by atoms with van der Waals surface area (Å²) in [5.41, 5.74) is 1.02. The summed E-state index contributed by atoms with van der Waals surface area (Å²) in [5, 5.41) is 9.41. The molecule has 0 aromatic heterocycles. The van der Waals surface area contributed by atoms with Gasteiger partial charge in [0.15, 0.2) is 0 Å². The molecule has 2 saturated heterocycles. The van der Waals surface area contributed by atoms with Crippen molar-refractivity contribution < 1.29 is 14.3 Å². The SMILES string of the molecule is CCC(CO)N1CCN(C(=O)c2ccc(N3CCCC3)c(F)c2)CC1. The van der Waals surface area contributed by atoms with Gasteiger partial charge in [-0.1, -0.05) is 6.92 Å².